The van der Waals surface area contributed by atoms with Crippen LogP contribution in [0.1, 0.15) is 28.8 Å². The third kappa shape index (κ3) is 3.11. The molecule has 3 N–H and O–H groups in total. The van der Waals surface area contributed by atoms with Crippen molar-refractivity contribution < 1.29 is 9.59 Å². The highest BCUT2D eigenvalue weighted by Gasteiger charge is 2.34. The normalized spacial score (nSPS) is 19.7. The minimum absolute atomic E-state index is 0.0323. The number of rotatable bonds is 4. The number of nitrogens with two attached hydrogens (primary N) is 1. The molecule has 1 saturated carbocycles. The molecule has 3 rings (SSSR count). The van der Waals surface area contributed by atoms with Gasteiger partial charge in [-0.1, -0.05) is 42.5 Å². The summed E-state index contributed by atoms with van der Waals surface area (Å²) in [6.45, 7) is 2.04. The van der Waals surface area contributed by atoms with E-state index in [4.69, 9.17) is 5.73 Å². The van der Waals surface area contributed by atoms with Gasteiger partial charge in [0.2, 0.25) is 5.91 Å². The van der Waals surface area contributed by atoms with Gasteiger partial charge in [-0.2, -0.15) is 0 Å². The zero-order valence-electron chi connectivity index (χ0n) is 13.1. The van der Waals surface area contributed by atoms with Gasteiger partial charge >= 0.3 is 0 Å². The summed E-state index contributed by atoms with van der Waals surface area (Å²) in [4.78, 5) is 23.7. The zero-order chi connectivity index (χ0) is 16.4. The van der Waals surface area contributed by atoms with Crippen LogP contribution in [0.5, 0.6) is 0 Å². The van der Waals surface area contributed by atoms with Crippen molar-refractivity contribution in [3.8, 4) is 11.1 Å². The number of primary amides is 1. The van der Waals surface area contributed by atoms with E-state index in [1.165, 1.54) is 0 Å². The highest BCUT2D eigenvalue weighted by molar-refractivity contribution is 6.01. The molecule has 0 saturated heterocycles. The van der Waals surface area contributed by atoms with Crippen molar-refractivity contribution in [2.24, 2.45) is 11.7 Å². The van der Waals surface area contributed by atoms with Crippen molar-refractivity contribution in [2.75, 3.05) is 0 Å². The SMILES string of the molecule is Cc1ccccc1-c1ccccc1C(=O)NC1CC(C(N)=O)C1. The van der Waals surface area contributed by atoms with Crippen LogP contribution in [0.2, 0.25) is 0 Å². The van der Waals surface area contributed by atoms with E-state index < -0.39 is 0 Å². The van der Waals surface area contributed by atoms with Crippen LogP contribution in [0.3, 0.4) is 0 Å². The molecule has 2 aromatic rings. The highest BCUT2D eigenvalue weighted by atomic mass is 16.2. The summed E-state index contributed by atoms with van der Waals surface area (Å²) in [5.41, 5.74) is 9.04. The summed E-state index contributed by atoms with van der Waals surface area (Å²) >= 11 is 0. The van der Waals surface area contributed by atoms with Gasteiger partial charge in [0, 0.05) is 17.5 Å². The number of hydrogen-bond donors (Lipinski definition) is 2. The Labute approximate surface area is 135 Å². The fourth-order valence-corrected chi connectivity index (χ4v) is 3.02. The van der Waals surface area contributed by atoms with Gasteiger partial charge in [0.25, 0.3) is 5.91 Å². The number of carbonyl (C=O) groups excluding carboxylic acids is 2. The van der Waals surface area contributed by atoms with E-state index in [2.05, 4.69) is 5.32 Å². The third-order valence-corrected chi connectivity index (χ3v) is 4.48. The van der Waals surface area contributed by atoms with E-state index in [1.807, 2.05) is 55.5 Å². The van der Waals surface area contributed by atoms with Crippen LogP contribution >= 0.6 is 0 Å². The monoisotopic (exact) mass is 308 g/mol. The molecule has 2 aromatic carbocycles. The molecule has 4 heteroatoms. The average molecular weight is 308 g/mol. The summed E-state index contributed by atoms with van der Waals surface area (Å²) in [5, 5.41) is 3.00. The van der Waals surface area contributed by atoms with Crippen LogP contribution in [-0.4, -0.2) is 17.9 Å². The Kier molecular flexibility index (Phi) is 4.15. The Hall–Kier alpha value is -2.62. The molecule has 2 amide bonds. The molecule has 1 aliphatic carbocycles. The van der Waals surface area contributed by atoms with E-state index in [0.29, 0.717) is 18.4 Å². The quantitative estimate of drug-likeness (QED) is 0.911. The average Bonchev–Trinajstić information content (AvgIpc) is 2.50. The lowest BCUT2D eigenvalue weighted by Crippen LogP contribution is -2.48. The van der Waals surface area contributed by atoms with Crippen molar-refractivity contribution in [1.82, 2.24) is 5.32 Å². The minimum Gasteiger partial charge on any atom is -0.369 e. The molecule has 0 radical (unpaired) electrons. The van der Waals surface area contributed by atoms with Gasteiger partial charge in [-0.25, -0.2) is 0 Å². The maximum Gasteiger partial charge on any atom is 0.252 e. The molecule has 1 aliphatic rings. The fraction of sp³-hybridized carbons (Fsp3) is 0.263. The van der Waals surface area contributed by atoms with Gasteiger partial charge in [-0.15, -0.1) is 0 Å². The molecule has 0 aromatic heterocycles. The van der Waals surface area contributed by atoms with Gasteiger partial charge in [0.05, 0.1) is 0 Å². The van der Waals surface area contributed by atoms with Crippen molar-refractivity contribution >= 4 is 11.8 Å². The van der Waals surface area contributed by atoms with E-state index in [-0.39, 0.29) is 23.8 Å². The second kappa shape index (κ2) is 6.24. The Bertz CT molecular complexity index is 749. The number of carbonyl (C=O) groups is 2. The van der Waals surface area contributed by atoms with Crippen molar-refractivity contribution in [3.63, 3.8) is 0 Å². The first-order chi connectivity index (χ1) is 11.1. The maximum atomic E-state index is 12.6. The molecular formula is C19H20N2O2. The Balaban J connectivity index is 1.80. The molecule has 0 heterocycles. The number of aryl methyl sites for hydroxylation is 1. The van der Waals surface area contributed by atoms with Gasteiger partial charge in [0.15, 0.2) is 0 Å². The minimum atomic E-state index is -0.282. The topological polar surface area (TPSA) is 72.2 Å². The van der Waals surface area contributed by atoms with E-state index in [0.717, 1.165) is 16.7 Å². The predicted octanol–water partition coefficient (Wildman–Crippen LogP) is 2.66. The van der Waals surface area contributed by atoms with Crippen LogP contribution in [0.4, 0.5) is 0 Å². The fourth-order valence-electron chi connectivity index (χ4n) is 3.02. The van der Waals surface area contributed by atoms with Gasteiger partial charge < -0.3 is 11.1 Å². The number of amides is 2. The lowest BCUT2D eigenvalue weighted by molar-refractivity contribution is -0.124. The summed E-state index contributed by atoms with van der Waals surface area (Å²) < 4.78 is 0. The summed E-state index contributed by atoms with van der Waals surface area (Å²) in [6.07, 6.45) is 1.27. The number of benzene rings is 2. The van der Waals surface area contributed by atoms with Gasteiger partial charge in [-0.05, 0) is 42.5 Å². The summed E-state index contributed by atoms with van der Waals surface area (Å²) in [6, 6.07) is 15.6. The standard InChI is InChI=1S/C19H20N2O2/c1-12-6-2-3-7-15(12)16-8-4-5-9-17(16)19(23)21-14-10-13(11-14)18(20)22/h2-9,13-14H,10-11H2,1H3,(H2,20,22)(H,21,23). The van der Waals surface area contributed by atoms with Crippen LogP contribution < -0.4 is 11.1 Å². The maximum absolute atomic E-state index is 12.6. The molecule has 23 heavy (non-hydrogen) atoms. The zero-order valence-corrected chi connectivity index (χ0v) is 13.1. The van der Waals surface area contributed by atoms with Crippen LogP contribution in [0.15, 0.2) is 48.5 Å². The first-order valence-electron chi connectivity index (χ1n) is 7.81. The molecule has 0 bridgehead atoms. The van der Waals surface area contributed by atoms with Crippen LogP contribution in [0.25, 0.3) is 11.1 Å². The molecule has 0 spiro atoms. The summed E-state index contributed by atoms with van der Waals surface area (Å²) in [7, 11) is 0. The second-order valence-electron chi connectivity index (χ2n) is 6.10. The lowest BCUT2D eigenvalue weighted by atomic mass is 9.79. The van der Waals surface area contributed by atoms with E-state index in [1.54, 1.807) is 0 Å². The lowest BCUT2D eigenvalue weighted by Gasteiger charge is -2.33. The highest BCUT2D eigenvalue weighted by Crippen LogP contribution is 2.29. The van der Waals surface area contributed by atoms with Gasteiger partial charge in [0.1, 0.15) is 0 Å². The molecule has 0 unspecified atom stereocenters. The number of hydrogen-bond acceptors (Lipinski definition) is 2. The second-order valence-corrected chi connectivity index (χ2v) is 6.10. The van der Waals surface area contributed by atoms with E-state index in [9.17, 15) is 9.59 Å². The molecular weight excluding hydrogens is 288 g/mol. The molecule has 0 aliphatic heterocycles. The molecule has 4 nitrogen and oxygen atoms in total. The van der Waals surface area contributed by atoms with Crippen LogP contribution in [0, 0.1) is 12.8 Å². The van der Waals surface area contributed by atoms with Crippen molar-refractivity contribution in [3.05, 3.63) is 59.7 Å². The first-order valence-corrected chi connectivity index (χ1v) is 7.81. The molecule has 1 fully saturated rings. The van der Waals surface area contributed by atoms with Crippen molar-refractivity contribution in [1.29, 1.82) is 0 Å². The smallest absolute Gasteiger partial charge is 0.252 e. The number of nitrogens with one attached hydrogen (secondary N) is 1. The third-order valence-electron chi connectivity index (χ3n) is 4.48. The molecule has 0 atom stereocenters. The Morgan fingerprint density at radius 3 is 2.26 bits per heavy atom. The van der Waals surface area contributed by atoms with E-state index >= 15 is 0 Å². The summed E-state index contributed by atoms with van der Waals surface area (Å²) in [5.74, 6) is -0.487. The Morgan fingerprint density at radius 2 is 1.61 bits per heavy atom. The van der Waals surface area contributed by atoms with Gasteiger partial charge in [-0.3, -0.25) is 9.59 Å². The Morgan fingerprint density at radius 1 is 1.00 bits per heavy atom. The van der Waals surface area contributed by atoms with Crippen LogP contribution in [-0.2, 0) is 4.79 Å². The molecule has 118 valence electrons. The predicted molar refractivity (Wildman–Crippen MR) is 89.8 cm³/mol. The largest absolute Gasteiger partial charge is 0.369 e. The van der Waals surface area contributed by atoms with Crippen molar-refractivity contribution in [2.45, 2.75) is 25.8 Å². The first kappa shape index (κ1) is 15.3.